The topological polar surface area (TPSA) is 144 Å². The van der Waals surface area contributed by atoms with Crippen molar-refractivity contribution in [3.63, 3.8) is 0 Å². The summed E-state index contributed by atoms with van der Waals surface area (Å²) >= 11 is 0. The SMILES string of the molecule is CC[C@@]1(C(N)=O)[C@H](C2CCCCC2)CC(n2c(C(=O)O)c(C)c3ccccc32)N1C(=O)C1CCC(C(CF)NC(=O)OC(C)(C)C)CC1. The van der Waals surface area contributed by atoms with Crippen molar-refractivity contribution >= 4 is 34.8 Å². The summed E-state index contributed by atoms with van der Waals surface area (Å²) in [6.07, 6.45) is 6.37. The summed E-state index contributed by atoms with van der Waals surface area (Å²) in [4.78, 5) is 55.9. The predicted octanol–water partition coefficient (Wildman–Crippen LogP) is 6.88. The Balaban J connectivity index is 1.52. The molecule has 2 aromatic rings. The molecule has 48 heavy (non-hydrogen) atoms. The van der Waals surface area contributed by atoms with Gasteiger partial charge in [0.25, 0.3) is 0 Å². The maximum absolute atomic E-state index is 15.0. The lowest BCUT2D eigenvalue weighted by atomic mass is 9.68. The summed E-state index contributed by atoms with van der Waals surface area (Å²) in [6.45, 7) is 8.19. The van der Waals surface area contributed by atoms with Crippen LogP contribution in [0.1, 0.15) is 121 Å². The van der Waals surface area contributed by atoms with Gasteiger partial charge in [0.2, 0.25) is 11.8 Å². The smallest absolute Gasteiger partial charge is 0.407 e. The number of nitrogens with zero attached hydrogens (tertiary/aromatic N) is 2. The number of aromatic carboxylic acids is 1. The number of amides is 3. The number of benzene rings is 1. The van der Waals surface area contributed by atoms with E-state index in [2.05, 4.69) is 5.32 Å². The number of nitrogens with one attached hydrogen (secondary N) is 1. The second-order valence-electron chi connectivity index (χ2n) is 15.3. The maximum Gasteiger partial charge on any atom is 0.407 e. The Morgan fingerprint density at radius 2 is 1.71 bits per heavy atom. The van der Waals surface area contributed by atoms with Crippen molar-refractivity contribution in [3.8, 4) is 0 Å². The predicted molar refractivity (Wildman–Crippen MR) is 181 cm³/mol. The number of para-hydroxylation sites is 1. The number of aryl methyl sites for hydroxylation is 1. The van der Waals surface area contributed by atoms with E-state index in [4.69, 9.17) is 10.5 Å². The van der Waals surface area contributed by atoms with Gasteiger partial charge in [-0.15, -0.1) is 0 Å². The molecule has 2 heterocycles. The van der Waals surface area contributed by atoms with Crippen molar-refractivity contribution in [1.29, 1.82) is 0 Å². The maximum atomic E-state index is 15.0. The summed E-state index contributed by atoms with van der Waals surface area (Å²) in [6, 6.07) is 6.76. The average molecular weight is 669 g/mol. The number of carbonyl (C=O) groups excluding carboxylic acids is 3. The first-order chi connectivity index (χ1) is 22.7. The third-order valence-corrected chi connectivity index (χ3v) is 11.5. The fourth-order valence-corrected chi connectivity index (χ4v) is 9.27. The van der Waals surface area contributed by atoms with E-state index in [1.54, 1.807) is 37.2 Å². The van der Waals surface area contributed by atoms with Crippen molar-refractivity contribution in [1.82, 2.24) is 14.8 Å². The zero-order valence-electron chi connectivity index (χ0n) is 29.1. The van der Waals surface area contributed by atoms with Gasteiger partial charge in [-0.2, -0.15) is 0 Å². The van der Waals surface area contributed by atoms with Crippen molar-refractivity contribution in [3.05, 3.63) is 35.5 Å². The Morgan fingerprint density at radius 3 is 2.27 bits per heavy atom. The van der Waals surface area contributed by atoms with Crippen LogP contribution in [0, 0.1) is 30.6 Å². The monoisotopic (exact) mass is 668 g/mol. The molecule has 2 saturated carbocycles. The molecule has 10 nitrogen and oxygen atoms in total. The minimum Gasteiger partial charge on any atom is -0.477 e. The number of halogens is 1. The molecule has 4 N–H and O–H groups in total. The van der Waals surface area contributed by atoms with E-state index < -0.39 is 53.9 Å². The highest BCUT2D eigenvalue weighted by Gasteiger charge is 2.61. The molecule has 264 valence electrons. The van der Waals surface area contributed by atoms with Gasteiger partial charge in [0.1, 0.15) is 29.7 Å². The lowest BCUT2D eigenvalue weighted by Crippen LogP contribution is -2.62. The third-order valence-electron chi connectivity index (χ3n) is 11.5. The first-order valence-electron chi connectivity index (χ1n) is 17.8. The van der Waals surface area contributed by atoms with Crippen molar-refractivity contribution < 1.29 is 33.4 Å². The van der Waals surface area contributed by atoms with Gasteiger partial charge in [0.05, 0.1) is 11.6 Å². The number of carbonyl (C=O) groups is 4. The van der Waals surface area contributed by atoms with Crippen molar-refractivity contribution in [2.24, 2.45) is 29.4 Å². The van der Waals surface area contributed by atoms with Crippen LogP contribution in [-0.4, -0.2) is 62.3 Å². The summed E-state index contributed by atoms with van der Waals surface area (Å²) in [5, 5.41) is 14.0. The molecule has 3 fully saturated rings. The highest BCUT2D eigenvalue weighted by molar-refractivity contribution is 5.99. The number of alkyl halides is 1. The van der Waals surface area contributed by atoms with Crippen LogP contribution in [0.5, 0.6) is 0 Å². The fraction of sp³-hybridized carbons (Fsp3) is 0.676. The highest BCUT2D eigenvalue weighted by atomic mass is 19.1. The number of aromatic nitrogens is 1. The van der Waals surface area contributed by atoms with Gasteiger partial charge in [-0.25, -0.2) is 14.0 Å². The molecule has 0 spiro atoms. The van der Waals surface area contributed by atoms with Crippen LogP contribution in [0.2, 0.25) is 0 Å². The molecule has 3 aliphatic rings. The second kappa shape index (κ2) is 14.1. The molecule has 1 saturated heterocycles. The van der Waals surface area contributed by atoms with Crippen LogP contribution in [0.3, 0.4) is 0 Å². The Hall–Kier alpha value is -3.63. The molecule has 1 aromatic carbocycles. The molecule has 2 aliphatic carbocycles. The molecule has 1 aromatic heterocycles. The number of primary amides is 1. The third kappa shape index (κ3) is 6.53. The van der Waals surface area contributed by atoms with Crippen LogP contribution >= 0.6 is 0 Å². The molecule has 4 atom stereocenters. The van der Waals surface area contributed by atoms with Gasteiger partial charge in [-0.05, 0) is 95.6 Å². The number of carboxylic acids is 1. The van der Waals surface area contributed by atoms with Crippen LogP contribution in [0.25, 0.3) is 10.9 Å². The molecular weight excluding hydrogens is 615 g/mol. The van der Waals surface area contributed by atoms with Crippen LogP contribution in [0.4, 0.5) is 9.18 Å². The lowest BCUT2D eigenvalue weighted by Gasteiger charge is -2.46. The minimum atomic E-state index is -1.28. The van der Waals surface area contributed by atoms with Crippen molar-refractivity contribution in [2.45, 2.75) is 129 Å². The summed E-state index contributed by atoms with van der Waals surface area (Å²) in [5.74, 6) is -2.52. The summed E-state index contributed by atoms with van der Waals surface area (Å²) < 4.78 is 21.3. The van der Waals surface area contributed by atoms with Gasteiger partial charge < -0.3 is 30.4 Å². The highest BCUT2D eigenvalue weighted by Crippen LogP contribution is 2.54. The molecule has 0 bridgehead atoms. The van der Waals surface area contributed by atoms with E-state index in [0.717, 1.165) is 37.5 Å². The van der Waals surface area contributed by atoms with Crippen LogP contribution < -0.4 is 11.1 Å². The Labute approximate surface area is 282 Å². The standard InChI is InChI=1S/C37H53FN4O6/c1-6-37(34(39)46)27(23-12-8-7-9-13-23)20-30(41-29-15-11-10-14-26(29)22(2)31(41)33(44)45)42(37)32(43)25-18-16-24(17-19-25)28(21-38)40-35(47)48-36(3,4)5/h10-11,14-15,23-25,27-28,30H,6-9,12-13,16-21H2,1-5H3,(H2,39,46)(H,40,47)(H,44,45)/t24?,25?,27-,28?,30?,37-/m0/s1. The van der Waals surface area contributed by atoms with Gasteiger partial charge in [0.15, 0.2) is 0 Å². The quantitative estimate of drug-likeness (QED) is 0.266. The van der Waals surface area contributed by atoms with Crippen molar-refractivity contribution in [2.75, 3.05) is 6.67 Å². The van der Waals surface area contributed by atoms with E-state index in [1.807, 2.05) is 31.2 Å². The van der Waals surface area contributed by atoms with Gasteiger partial charge >= 0.3 is 12.1 Å². The van der Waals surface area contributed by atoms with Gasteiger partial charge in [-0.3, -0.25) is 9.59 Å². The lowest BCUT2D eigenvalue weighted by molar-refractivity contribution is -0.155. The number of alkyl carbamates (subject to hydrolysis) is 1. The van der Waals surface area contributed by atoms with E-state index in [9.17, 15) is 28.7 Å². The van der Waals surface area contributed by atoms with E-state index in [1.165, 1.54) is 0 Å². The molecular formula is C37H53FN4O6. The minimum absolute atomic E-state index is 0.112. The van der Waals surface area contributed by atoms with E-state index in [-0.39, 0.29) is 29.4 Å². The summed E-state index contributed by atoms with van der Waals surface area (Å²) in [5.41, 5.74) is 5.80. The fourth-order valence-electron chi connectivity index (χ4n) is 9.27. The van der Waals surface area contributed by atoms with Gasteiger partial charge in [0, 0.05) is 11.3 Å². The second-order valence-corrected chi connectivity index (χ2v) is 15.3. The van der Waals surface area contributed by atoms with Gasteiger partial charge in [-0.1, -0.05) is 57.2 Å². The molecule has 3 amide bonds. The zero-order valence-corrected chi connectivity index (χ0v) is 29.1. The Morgan fingerprint density at radius 1 is 1.06 bits per heavy atom. The molecule has 0 radical (unpaired) electrons. The molecule has 5 rings (SSSR count). The number of hydrogen-bond acceptors (Lipinski definition) is 5. The first kappa shape index (κ1) is 35.7. The molecule has 2 unspecified atom stereocenters. The zero-order chi connectivity index (χ0) is 35.0. The number of fused-ring (bicyclic) bond motifs is 1. The van der Waals surface area contributed by atoms with E-state index in [0.29, 0.717) is 49.6 Å². The first-order valence-corrected chi connectivity index (χ1v) is 17.8. The van der Waals surface area contributed by atoms with Crippen LogP contribution in [0.15, 0.2) is 24.3 Å². The number of carboxylic acid groups (broad SMARTS) is 1. The molecule has 1 aliphatic heterocycles. The Bertz CT molecular complexity index is 1520. The number of likely N-dealkylation sites (tertiary alicyclic amines) is 1. The largest absolute Gasteiger partial charge is 0.477 e. The Kier molecular flexibility index (Phi) is 10.5. The van der Waals surface area contributed by atoms with E-state index >= 15 is 0 Å². The number of hydrogen-bond donors (Lipinski definition) is 3. The number of nitrogens with two attached hydrogens (primary N) is 1. The number of rotatable bonds is 9. The number of ether oxygens (including phenoxy) is 1. The average Bonchev–Trinajstić information content (AvgIpc) is 3.56. The molecule has 11 heteroatoms. The summed E-state index contributed by atoms with van der Waals surface area (Å²) in [7, 11) is 0. The van der Waals surface area contributed by atoms with Crippen LogP contribution in [-0.2, 0) is 14.3 Å². The normalized spacial score (nSPS) is 27.5.